The van der Waals surface area contributed by atoms with Crippen LogP contribution in [0.4, 0.5) is 0 Å². The van der Waals surface area contributed by atoms with E-state index in [1.165, 1.54) is 4.57 Å². The SMILES string of the molecule is Cn1cc(-c2ccc3oc(CNS(C)(=O)=O)nc3c2Oc2ccccc2)c2cc[nH]c2c1=O. The van der Waals surface area contributed by atoms with Crippen molar-refractivity contribution < 1.29 is 17.6 Å². The average Bonchev–Trinajstić information content (AvgIpc) is 3.43. The molecular weight excluding hydrogens is 444 g/mol. The molecule has 0 aliphatic carbocycles. The van der Waals surface area contributed by atoms with Gasteiger partial charge in [-0.25, -0.2) is 18.1 Å². The van der Waals surface area contributed by atoms with Crippen molar-refractivity contribution in [3.05, 3.63) is 77.2 Å². The van der Waals surface area contributed by atoms with Crippen LogP contribution < -0.4 is 15.0 Å². The first-order valence-corrected chi connectivity index (χ1v) is 12.0. The predicted molar refractivity (Wildman–Crippen MR) is 125 cm³/mol. The van der Waals surface area contributed by atoms with E-state index < -0.39 is 10.0 Å². The summed E-state index contributed by atoms with van der Waals surface area (Å²) in [7, 11) is -1.73. The Bertz CT molecular complexity index is 1650. The molecule has 5 aromatic rings. The average molecular weight is 465 g/mol. The van der Waals surface area contributed by atoms with Crippen LogP contribution >= 0.6 is 0 Å². The molecule has 0 bridgehead atoms. The first kappa shape index (κ1) is 21.0. The third-order valence-electron chi connectivity index (χ3n) is 5.19. The van der Waals surface area contributed by atoms with Gasteiger partial charge in [0.25, 0.3) is 5.56 Å². The molecule has 168 valence electrons. The van der Waals surface area contributed by atoms with Gasteiger partial charge in [-0.2, -0.15) is 0 Å². The molecular formula is C23H20N4O5S. The van der Waals surface area contributed by atoms with E-state index in [4.69, 9.17) is 9.15 Å². The third-order valence-corrected chi connectivity index (χ3v) is 5.86. The van der Waals surface area contributed by atoms with Gasteiger partial charge in [0.1, 0.15) is 11.3 Å². The lowest BCUT2D eigenvalue weighted by Gasteiger charge is -2.13. The van der Waals surface area contributed by atoms with E-state index in [-0.39, 0.29) is 18.0 Å². The summed E-state index contributed by atoms with van der Waals surface area (Å²) in [5, 5.41) is 0.748. The van der Waals surface area contributed by atoms with Crippen molar-refractivity contribution in [3.63, 3.8) is 0 Å². The highest BCUT2D eigenvalue weighted by molar-refractivity contribution is 7.88. The van der Waals surface area contributed by atoms with E-state index in [2.05, 4.69) is 14.7 Å². The van der Waals surface area contributed by atoms with Gasteiger partial charge < -0.3 is 18.7 Å². The first-order chi connectivity index (χ1) is 15.8. The lowest BCUT2D eigenvalue weighted by molar-refractivity contribution is 0.489. The number of aromatic amines is 1. The summed E-state index contributed by atoms with van der Waals surface area (Å²) >= 11 is 0. The van der Waals surface area contributed by atoms with Crippen LogP contribution in [0.15, 0.2) is 70.1 Å². The van der Waals surface area contributed by atoms with Crippen molar-refractivity contribution in [1.82, 2.24) is 19.3 Å². The first-order valence-electron chi connectivity index (χ1n) is 10.1. The minimum Gasteiger partial charge on any atom is -0.454 e. The molecule has 0 fully saturated rings. The van der Waals surface area contributed by atoms with E-state index in [0.29, 0.717) is 33.7 Å². The van der Waals surface area contributed by atoms with E-state index >= 15 is 0 Å². The smallest absolute Gasteiger partial charge is 0.274 e. The number of sulfonamides is 1. The van der Waals surface area contributed by atoms with Crippen molar-refractivity contribution in [2.24, 2.45) is 7.05 Å². The molecule has 5 rings (SSSR count). The number of pyridine rings is 1. The number of aryl methyl sites for hydroxylation is 1. The van der Waals surface area contributed by atoms with Gasteiger partial charge >= 0.3 is 0 Å². The molecule has 0 amide bonds. The van der Waals surface area contributed by atoms with Crippen molar-refractivity contribution >= 4 is 32.0 Å². The Hall–Kier alpha value is -3.89. The van der Waals surface area contributed by atoms with Crippen LogP contribution in [0.2, 0.25) is 0 Å². The fourth-order valence-electron chi connectivity index (χ4n) is 3.69. The molecule has 0 unspecified atom stereocenters. The second-order valence-corrected chi connectivity index (χ2v) is 9.46. The Morgan fingerprint density at radius 2 is 1.91 bits per heavy atom. The maximum atomic E-state index is 12.5. The quantitative estimate of drug-likeness (QED) is 0.397. The van der Waals surface area contributed by atoms with Crippen molar-refractivity contribution in [2.75, 3.05) is 6.26 Å². The number of rotatable bonds is 6. The summed E-state index contributed by atoms with van der Waals surface area (Å²) in [6.45, 7) is -0.0878. The predicted octanol–water partition coefficient (Wildman–Crippen LogP) is 3.52. The van der Waals surface area contributed by atoms with Crippen LogP contribution in [-0.2, 0) is 23.6 Å². The number of H-pyrrole nitrogens is 1. The van der Waals surface area contributed by atoms with Gasteiger partial charge in [-0.15, -0.1) is 0 Å². The Morgan fingerprint density at radius 3 is 2.67 bits per heavy atom. The second kappa shape index (κ2) is 7.91. The van der Waals surface area contributed by atoms with Crippen molar-refractivity contribution in [1.29, 1.82) is 0 Å². The Morgan fingerprint density at radius 1 is 1.12 bits per heavy atom. The maximum Gasteiger partial charge on any atom is 0.274 e. The zero-order chi connectivity index (χ0) is 23.2. The maximum absolute atomic E-state index is 12.5. The molecule has 0 atom stereocenters. The Balaban J connectivity index is 1.73. The molecule has 3 aromatic heterocycles. The molecule has 0 saturated heterocycles. The number of para-hydroxylation sites is 1. The number of benzene rings is 2. The van der Waals surface area contributed by atoms with E-state index in [9.17, 15) is 13.2 Å². The van der Waals surface area contributed by atoms with Gasteiger partial charge in [-0.05, 0) is 30.3 Å². The number of oxazole rings is 1. The summed E-state index contributed by atoms with van der Waals surface area (Å²) in [6.07, 6.45) is 4.54. The molecule has 3 heterocycles. The highest BCUT2D eigenvalue weighted by atomic mass is 32.2. The molecule has 2 N–H and O–H groups in total. The summed E-state index contributed by atoms with van der Waals surface area (Å²) < 4.78 is 38.9. The van der Waals surface area contributed by atoms with Crippen molar-refractivity contribution in [2.45, 2.75) is 6.54 Å². The lowest BCUT2D eigenvalue weighted by atomic mass is 10.0. The molecule has 0 aliphatic rings. The molecule has 0 radical (unpaired) electrons. The Labute approximate surface area is 188 Å². The molecule has 9 nitrogen and oxygen atoms in total. The summed E-state index contributed by atoms with van der Waals surface area (Å²) in [6, 6.07) is 14.7. The normalized spacial score (nSPS) is 11.9. The van der Waals surface area contributed by atoms with Crippen LogP contribution in [0.1, 0.15) is 5.89 Å². The van der Waals surface area contributed by atoms with E-state index in [0.717, 1.165) is 17.2 Å². The lowest BCUT2D eigenvalue weighted by Crippen LogP contribution is -2.21. The molecule has 0 aliphatic heterocycles. The van der Waals surface area contributed by atoms with Crippen LogP contribution in [0, 0.1) is 0 Å². The topological polar surface area (TPSA) is 119 Å². The van der Waals surface area contributed by atoms with Gasteiger partial charge in [0.05, 0.1) is 12.8 Å². The van der Waals surface area contributed by atoms with Crippen LogP contribution in [0.5, 0.6) is 11.5 Å². The molecule has 2 aromatic carbocycles. The number of nitrogens with zero attached hydrogens (tertiary/aromatic N) is 2. The number of ether oxygens (including phenoxy) is 1. The standard InChI is InChI=1S/C23H20N4O5S/c1-27-13-17(15-10-11-24-20(15)23(27)28)16-8-9-18-21(22(16)31-14-6-4-3-5-7-14)26-19(32-18)12-25-33(2,29)30/h3-11,13,24-25H,12H2,1-2H3. The van der Waals surface area contributed by atoms with Gasteiger partial charge in [-0.3, -0.25) is 4.79 Å². The third kappa shape index (κ3) is 4.01. The summed E-state index contributed by atoms with van der Waals surface area (Å²) in [4.78, 5) is 20.1. The van der Waals surface area contributed by atoms with Gasteiger partial charge in [-0.1, -0.05) is 18.2 Å². The number of fused-ring (bicyclic) bond motifs is 2. The van der Waals surface area contributed by atoms with Crippen LogP contribution in [0.25, 0.3) is 33.1 Å². The molecule has 0 spiro atoms. The zero-order valence-corrected chi connectivity index (χ0v) is 18.6. The monoisotopic (exact) mass is 464 g/mol. The van der Waals surface area contributed by atoms with E-state index in [1.54, 1.807) is 25.5 Å². The largest absolute Gasteiger partial charge is 0.454 e. The highest BCUT2D eigenvalue weighted by Gasteiger charge is 2.21. The van der Waals surface area contributed by atoms with Gasteiger partial charge in [0.15, 0.2) is 16.8 Å². The number of nitrogens with one attached hydrogen (secondary N) is 2. The second-order valence-electron chi connectivity index (χ2n) is 7.63. The van der Waals surface area contributed by atoms with Gasteiger partial charge in [0.2, 0.25) is 15.9 Å². The summed E-state index contributed by atoms with van der Waals surface area (Å²) in [5.74, 6) is 1.24. The number of hydrogen-bond donors (Lipinski definition) is 2. The van der Waals surface area contributed by atoms with Crippen molar-refractivity contribution in [3.8, 4) is 22.6 Å². The highest BCUT2D eigenvalue weighted by Crippen LogP contribution is 2.41. The minimum atomic E-state index is -3.41. The molecule has 33 heavy (non-hydrogen) atoms. The van der Waals surface area contributed by atoms with Crippen LogP contribution in [-0.4, -0.2) is 29.2 Å². The number of hydrogen-bond acceptors (Lipinski definition) is 6. The molecule has 10 heteroatoms. The molecule has 0 saturated carbocycles. The summed E-state index contributed by atoms with van der Waals surface area (Å²) in [5.41, 5.74) is 2.73. The fourth-order valence-corrected chi connectivity index (χ4v) is 4.08. The minimum absolute atomic E-state index is 0.0878. The Kier molecular flexibility index (Phi) is 5.03. The fraction of sp³-hybridized carbons (Fsp3) is 0.130. The van der Waals surface area contributed by atoms with Crippen LogP contribution in [0.3, 0.4) is 0 Å². The zero-order valence-electron chi connectivity index (χ0n) is 17.8. The van der Waals surface area contributed by atoms with Gasteiger partial charge in [0, 0.05) is 36.0 Å². The number of aromatic nitrogens is 3. The van der Waals surface area contributed by atoms with E-state index in [1.807, 2.05) is 42.5 Å².